The molecule has 2 aromatic heterocycles. The lowest BCUT2D eigenvalue weighted by atomic mass is 9.95. The topological polar surface area (TPSA) is 116 Å². The van der Waals surface area contributed by atoms with Crippen LogP contribution in [0.25, 0.3) is 32.9 Å². The zero-order chi connectivity index (χ0) is 35.8. The van der Waals surface area contributed by atoms with Crippen molar-refractivity contribution in [3.8, 4) is 35.4 Å². The summed E-state index contributed by atoms with van der Waals surface area (Å²) in [4.78, 5) is 34.0. The number of carbonyl (C=O) groups excluding carboxylic acids is 1. The second-order valence-electron chi connectivity index (χ2n) is 14.5. The molecule has 6 heterocycles. The van der Waals surface area contributed by atoms with Gasteiger partial charge in [-0.2, -0.15) is 9.97 Å². The zero-order valence-corrected chi connectivity index (χ0v) is 29.3. The molecule has 0 saturated carbocycles. The second kappa shape index (κ2) is 14.3. The molecule has 4 fully saturated rings. The Morgan fingerprint density at radius 2 is 1.96 bits per heavy atom. The minimum Gasteiger partial charge on any atom is -0.508 e. The highest BCUT2D eigenvalue weighted by Gasteiger charge is 2.45. The molecule has 4 aromatic rings. The quantitative estimate of drug-likeness (QED) is 0.198. The maximum atomic E-state index is 17.2. The van der Waals surface area contributed by atoms with Gasteiger partial charge in [-0.1, -0.05) is 24.6 Å². The van der Waals surface area contributed by atoms with Crippen LogP contribution in [0.5, 0.6) is 11.8 Å². The Balaban J connectivity index is 1.24. The van der Waals surface area contributed by atoms with E-state index < -0.39 is 5.82 Å². The molecule has 0 radical (unpaired) electrons. The summed E-state index contributed by atoms with van der Waals surface area (Å²) >= 11 is 0. The van der Waals surface area contributed by atoms with Crippen molar-refractivity contribution in [1.82, 2.24) is 30.1 Å². The number of hydrogen-bond acceptors (Lipinski definition) is 10. The first kappa shape index (κ1) is 34.3. The number of phenolic OH excluding ortho intramolecular Hbond substituents is 1. The summed E-state index contributed by atoms with van der Waals surface area (Å²) in [5, 5.41) is 15.5. The van der Waals surface area contributed by atoms with Crippen LogP contribution < -0.4 is 15.0 Å². The number of amides is 1. The van der Waals surface area contributed by atoms with E-state index >= 15 is 4.39 Å². The molecule has 0 aliphatic carbocycles. The monoisotopic (exact) mass is 705 g/mol. The van der Waals surface area contributed by atoms with E-state index in [1.165, 1.54) is 12.1 Å². The van der Waals surface area contributed by atoms with Gasteiger partial charge in [0.05, 0.1) is 17.0 Å². The molecule has 1 amide bonds. The number of fused-ring (bicyclic) bond motifs is 3. The number of halogens is 1. The molecule has 2 aromatic carbocycles. The number of aromatic hydroxyl groups is 1. The van der Waals surface area contributed by atoms with Gasteiger partial charge in [0, 0.05) is 68.1 Å². The number of terminal acetylenes is 1. The van der Waals surface area contributed by atoms with Crippen molar-refractivity contribution in [3.63, 3.8) is 0 Å². The minimum absolute atomic E-state index is 0.0146. The van der Waals surface area contributed by atoms with Crippen LogP contribution in [-0.4, -0.2) is 112 Å². The van der Waals surface area contributed by atoms with E-state index in [4.69, 9.17) is 25.9 Å². The lowest BCUT2D eigenvalue weighted by Gasteiger charge is -2.34. The van der Waals surface area contributed by atoms with Gasteiger partial charge in [0.25, 0.3) is 0 Å². The average Bonchev–Trinajstić information content (AvgIpc) is 3.68. The van der Waals surface area contributed by atoms with Crippen LogP contribution in [0.1, 0.15) is 44.1 Å². The first-order valence-electron chi connectivity index (χ1n) is 18.3. The molecular weight excluding hydrogens is 661 g/mol. The molecule has 0 bridgehead atoms. The van der Waals surface area contributed by atoms with E-state index in [9.17, 15) is 9.90 Å². The second-order valence-corrected chi connectivity index (χ2v) is 14.5. The fourth-order valence-corrected chi connectivity index (χ4v) is 8.86. The number of carbonyl (C=O) groups is 1. The summed E-state index contributed by atoms with van der Waals surface area (Å²) in [6.45, 7) is 9.94. The number of nitrogens with zero attached hydrogens (tertiary/aromatic N) is 6. The summed E-state index contributed by atoms with van der Waals surface area (Å²) in [6, 6.07) is 8.66. The van der Waals surface area contributed by atoms with Crippen LogP contribution in [0.2, 0.25) is 0 Å². The molecule has 0 spiro atoms. The summed E-state index contributed by atoms with van der Waals surface area (Å²) in [7, 11) is 0. The van der Waals surface area contributed by atoms with Crippen LogP contribution in [0.4, 0.5) is 10.2 Å². The summed E-state index contributed by atoms with van der Waals surface area (Å²) < 4.78 is 29.3. The molecule has 12 heteroatoms. The summed E-state index contributed by atoms with van der Waals surface area (Å²) in [5.41, 5.74) is 0.930. The van der Waals surface area contributed by atoms with Gasteiger partial charge in [0.2, 0.25) is 5.91 Å². The first-order chi connectivity index (χ1) is 25.4. The predicted molar refractivity (Wildman–Crippen MR) is 198 cm³/mol. The highest BCUT2D eigenvalue weighted by Crippen LogP contribution is 2.41. The van der Waals surface area contributed by atoms with Gasteiger partial charge in [-0.3, -0.25) is 19.6 Å². The van der Waals surface area contributed by atoms with Crippen LogP contribution >= 0.6 is 0 Å². The van der Waals surface area contributed by atoms with Gasteiger partial charge >= 0.3 is 6.01 Å². The van der Waals surface area contributed by atoms with Gasteiger partial charge in [0.15, 0.2) is 5.82 Å². The molecule has 270 valence electrons. The third-order valence-corrected chi connectivity index (χ3v) is 11.4. The molecule has 1 unspecified atom stereocenters. The summed E-state index contributed by atoms with van der Waals surface area (Å²) in [5.74, 6) is 2.23. The fourth-order valence-electron chi connectivity index (χ4n) is 8.86. The Morgan fingerprint density at radius 1 is 1.15 bits per heavy atom. The van der Waals surface area contributed by atoms with Gasteiger partial charge in [-0.05, 0) is 81.3 Å². The van der Waals surface area contributed by atoms with Crippen molar-refractivity contribution in [2.75, 3.05) is 64.0 Å². The molecule has 11 nitrogen and oxygen atoms in total. The zero-order valence-electron chi connectivity index (χ0n) is 29.3. The molecule has 8 rings (SSSR count). The fraction of sp³-hybridized carbons (Fsp3) is 0.450. The molecule has 52 heavy (non-hydrogen) atoms. The smallest absolute Gasteiger partial charge is 0.319 e. The van der Waals surface area contributed by atoms with E-state index in [1.54, 1.807) is 24.4 Å². The van der Waals surface area contributed by atoms with E-state index in [-0.39, 0.29) is 40.5 Å². The van der Waals surface area contributed by atoms with E-state index in [0.29, 0.717) is 85.1 Å². The van der Waals surface area contributed by atoms with Crippen LogP contribution in [0.3, 0.4) is 0 Å². The highest BCUT2D eigenvalue weighted by molar-refractivity contribution is 6.02. The normalized spacial score (nSPS) is 21.2. The highest BCUT2D eigenvalue weighted by atomic mass is 19.1. The SMILES string of the molecule is C#Cc1cccc2cc(O)cc(-c3ncc4c(N5CCN(C6CCOCC6)CC(NC(=O)C=C)C5)nc(OCC56CCCN5CCC6)nc4c3F)c12. The lowest BCUT2D eigenvalue weighted by molar-refractivity contribution is -0.117. The van der Waals surface area contributed by atoms with Crippen LogP contribution in [0.15, 0.2) is 49.2 Å². The Hall–Kier alpha value is -4.83. The average molecular weight is 706 g/mol. The first-order valence-corrected chi connectivity index (χ1v) is 18.3. The van der Waals surface area contributed by atoms with Gasteiger partial charge in [-0.15, -0.1) is 6.42 Å². The van der Waals surface area contributed by atoms with E-state index in [0.717, 1.165) is 51.6 Å². The van der Waals surface area contributed by atoms with Gasteiger partial charge in [0.1, 0.15) is 29.4 Å². The Bertz CT molecular complexity index is 2050. The van der Waals surface area contributed by atoms with Crippen molar-refractivity contribution in [2.45, 2.75) is 56.1 Å². The number of anilines is 1. The van der Waals surface area contributed by atoms with E-state index in [1.807, 2.05) is 6.07 Å². The Morgan fingerprint density at radius 3 is 2.73 bits per heavy atom. The molecule has 4 saturated heterocycles. The van der Waals surface area contributed by atoms with Crippen molar-refractivity contribution in [3.05, 3.63) is 60.6 Å². The third-order valence-electron chi connectivity index (χ3n) is 11.4. The van der Waals surface area contributed by atoms with Crippen molar-refractivity contribution < 1.29 is 23.8 Å². The van der Waals surface area contributed by atoms with E-state index in [2.05, 4.69) is 37.5 Å². The number of pyridine rings is 1. The largest absolute Gasteiger partial charge is 0.508 e. The Labute approximate surface area is 302 Å². The standard InChI is InChI=1S/C40H44FN7O4/c1-3-26-8-5-9-27-20-30(49)21-31(34(26)27)36-35(41)37-32(22-42-36)38(45-39(44-37)52-25-40-12-6-14-48(40)15-7-13-40)47-17-16-46(29-10-18-51-19-11-29)23-28(24-47)43-33(50)4-2/h1,4-5,8-9,20-22,28-29,49H,2,6-7,10-19,23-25H2,(H,43,50). The maximum absolute atomic E-state index is 17.2. The van der Waals surface area contributed by atoms with Crippen LogP contribution in [0, 0.1) is 18.2 Å². The van der Waals surface area contributed by atoms with Crippen molar-refractivity contribution in [1.29, 1.82) is 0 Å². The third kappa shape index (κ3) is 6.42. The molecule has 4 aliphatic rings. The minimum atomic E-state index is -0.665. The molecule has 4 aliphatic heterocycles. The number of hydrogen-bond donors (Lipinski definition) is 2. The van der Waals surface area contributed by atoms with Crippen molar-refractivity contribution >= 4 is 33.4 Å². The van der Waals surface area contributed by atoms with Crippen LogP contribution in [-0.2, 0) is 9.53 Å². The molecule has 2 N–H and O–H groups in total. The number of rotatable bonds is 8. The lowest BCUT2D eigenvalue weighted by Crippen LogP contribution is -2.49. The number of benzene rings is 2. The Kier molecular flexibility index (Phi) is 9.42. The maximum Gasteiger partial charge on any atom is 0.319 e. The molecular formula is C40H44FN7O4. The molecule has 1 atom stereocenters. The van der Waals surface area contributed by atoms with Gasteiger partial charge < -0.3 is 24.8 Å². The number of phenols is 1. The van der Waals surface area contributed by atoms with Crippen molar-refractivity contribution in [2.24, 2.45) is 0 Å². The predicted octanol–water partition coefficient (Wildman–Crippen LogP) is 4.65. The number of aromatic nitrogens is 3. The number of ether oxygens (including phenoxy) is 2. The van der Waals surface area contributed by atoms with Gasteiger partial charge in [-0.25, -0.2) is 4.39 Å². The summed E-state index contributed by atoms with van der Waals surface area (Å²) in [6.07, 6.45) is 14.9. The number of nitrogens with one attached hydrogen (secondary N) is 1.